The Labute approximate surface area is 91.7 Å². The maximum absolute atomic E-state index is 5.86. The molecule has 1 aromatic rings. The molecule has 2 N–H and O–H groups in total. The Morgan fingerprint density at radius 2 is 2.20 bits per heavy atom. The molecule has 0 saturated carbocycles. The second kappa shape index (κ2) is 6.40. The minimum Gasteiger partial charge on any atom is -0.492 e. The summed E-state index contributed by atoms with van der Waals surface area (Å²) in [5.74, 6) is 0.829. The summed E-state index contributed by atoms with van der Waals surface area (Å²) in [6.07, 6.45) is 4.88. The first-order valence-electron chi connectivity index (χ1n) is 5.62. The largest absolute Gasteiger partial charge is 0.492 e. The van der Waals surface area contributed by atoms with Crippen LogP contribution in [0.5, 0.6) is 5.75 Å². The lowest BCUT2D eigenvalue weighted by Gasteiger charge is -2.09. The van der Waals surface area contributed by atoms with E-state index >= 15 is 0 Å². The van der Waals surface area contributed by atoms with Crippen molar-refractivity contribution >= 4 is 0 Å². The molecule has 0 radical (unpaired) electrons. The third-order valence-electron chi connectivity index (χ3n) is 2.35. The molecule has 1 atom stereocenters. The smallest absolute Gasteiger partial charge is 0.137 e. The monoisotopic (exact) mass is 208 g/mol. The SMILES string of the molecule is CCCCOc1ccc(C(N)CC)nc1. The number of pyridine rings is 1. The molecule has 1 heterocycles. The Bertz CT molecular complexity index is 271. The van der Waals surface area contributed by atoms with Crippen LogP contribution in [0.4, 0.5) is 0 Å². The van der Waals surface area contributed by atoms with Crippen molar-refractivity contribution in [1.29, 1.82) is 0 Å². The Hall–Kier alpha value is -1.09. The first kappa shape index (κ1) is 12.0. The molecule has 1 unspecified atom stereocenters. The van der Waals surface area contributed by atoms with E-state index < -0.39 is 0 Å². The van der Waals surface area contributed by atoms with Crippen LogP contribution in [0, 0.1) is 0 Å². The van der Waals surface area contributed by atoms with Crippen molar-refractivity contribution in [3.8, 4) is 5.75 Å². The van der Waals surface area contributed by atoms with Gasteiger partial charge in [0.1, 0.15) is 5.75 Å². The molecule has 1 rings (SSSR count). The molecule has 0 amide bonds. The first-order chi connectivity index (χ1) is 7.27. The van der Waals surface area contributed by atoms with E-state index in [9.17, 15) is 0 Å². The van der Waals surface area contributed by atoms with E-state index in [0.29, 0.717) is 0 Å². The highest BCUT2D eigenvalue weighted by atomic mass is 16.5. The van der Waals surface area contributed by atoms with Crippen molar-refractivity contribution in [2.75, 3.05) is 6.61 Å². The zero-order valence-corrected chi connectivity index (χ0v) is 9.57. The molecule has 0 aliphatic carbocycles. The number of rotatable bonds is 6. The lowest BCUT2D eigenvalue weighted by Crippen LogP contribution is -2.10. The number of nitrogens with two attached hydrogens (primary N) is 1. The van der Waals surface area contributed by atoms with Crippen molar-refractivity contribution < 1.29 is 4.74 Å². The van der Waals surface area contributed by atoms with Crippen molar-refractivity contribution in [2.24, 2.45) is 5.73 Å². The van der Waals surface area contributed by atoms with Crippen molar-refractivity contribution in [3.63, 3.8) is 0 Å². The minimum absolute atomic E-state index is 0.0368. The molecule has 84 valence electrons. The lowest BCUT2D eigenvalue weighted by atomic mass is 10.1. The first-order valence-corrected chi connectivity index (χ1v) is 5.62. The molecule has 0 aliphatic rings. The van der Waals surface area contributed by atoms with Crippen LogP contribution in [-0.2, 0) is 0 Å². The lowest BCUT2D eigenvalue weighted by molar-refractivity contribution is 0.308. The van der Waals surface area contributed by atoms with Crippen molar-refractivity contribution in [1.82, 2.24) is 4.98 Å². The van der Waals surface area contributed by atoms with Gasteiger partial charge in [0.15, 0.2) is 0 Å². The van der Waals surface area contributed by atoms with Gasteiger partial charge in [0.05, 0.1) is 18.5 Å². The van der Waals surface area contributed by atoms with Gasteiger partial charge in [-0.25, -0.2) is 0 Å². The third kappa shape index (κ3) is 3.88. The number of hydrogen-bond donors (Lipinski definition) is 1. The molecule has 0 spiro atoms. The van der Waals surface area contributed by atoms with Gasteiger partial charge in [-0.15, -0.1) is 0 Å². The van der Waals surface area contributed by atoms with Gasteiger partial charge >= 0.3 is 0 Å². The van der Waals surface area contributed by atoms with Gasteiger partial charge in [0, 0.05) is 6.04 Å². The van der Waals surface area contributed by atoms with Gasteiger partial charge < -0.3 is 10.5 Å². The molecule has 0 fully saturated rings. The Balaban J connectivity index is 2.49. The maximum Gasteiger partial charge on any atom is 0.137 e. The average Bonchev–Trinajstić information content (AvgIpc) is 2.29. The van der Waals surface area contributed by atoms with Gasteiger partial charge in [-0.3, -0.25) is 4.98 Å². The summed E-state index contributed by atoms with van der Waals surface area (Å²) in [6.45, 7) is 4.96. The van der Waals surface area contributed by atoms with Crippen LogP contribution in [0.1, 0.15) is 44.8 Å². The number of hydrogen-bond acceptors (Lipinski definition) is 3. The zero-order valence-electron chi connectivity index (χ0n) is 9.57. The predicted octanol–water partition coefficient (Wildman–Crippen LogP) is 2.67. The maximum atomic E-state index is 5.86. The van der Waals surface area contributed by atoms with E-state index in [1.807, 2.05) is 12.1 Å². The predicted molar refractivity (Wildman–Crippen MR) is 61.9 cm³/mol. The molecule has 0 aromatic carbocycles. The van der Waals surface area contributed by atoms with Crippen molar-refractivity contribution in [3.05, 3.63) is 24.0 Å². The van der Waals surface area contributed by atoms with E-state index in [0.717, 1.165) is 37.3 Å². The van der Waals surface area contributed by atoms with Gasteiger partial charge in [-0.05, 0) is 25.0 Å². The summed E-state index contributed by atoms with van der Waals surface area (Å²) < 4.78 is 5.51. The molecular weight excluding hydrogens is 188 g/mol. The summed E-state index contributed by atoms with van der Waals surface area (Å²) in [4.78, 5) is 4.28. The third-order valence-corrected chi connectivity index (χ3v) is 2.35. The van der Waals surface area contributed by atoms with Gasteiger partial charge in [0.2, 0.25) is 0 Å². The van der Waals surface area contributed by atoms with Crippen LogP contribution in [0.15, 0.2) is 18.3 Å². The van der Waals surface area contributed by atoms with E-state index in [1.165, 1.54) is 0 Å². The Morgan fingerprint density at radius 1 is 1.40 bits per heavy atom. The fraction of sp³-hybridized carbons (Fsp3) is 0.583. The minimum atomic E-state index is 0.0368. The molecule has 1 aromatic heterocycles. The number of unbranched alkanes of at least 4 members (excludes halogenated alkanes) is 1. The summed E-state index contributed by atoms with van der Waals surface area (Å²) in [7, 11) is 0. The standard InChI is InChI=1S/C12H20N2O/c1-3-5-8-15-10-6-7-12(14-9-10)11(13)4-2/h6-7,9,11H,3-5,8,13H2,1-2H3. The van der Waals surface area contributed by atoms with Crippen LogP contribution in [0.3, 0.4) is 0 Å². The molecule has 15 heavy (non-hydrogen) atoms. The summed E-state index contributed by atoms with van der Waals surface area (Å²) in [5.41, 5.74) is 6.79. The number of nitrogens with zero attached hydrogens (tertiary/aromatic N) is 1. The van der Waals surface area contributed by atoms with Crippen LogP contribution in [0.25, 0.3) is 0 Å². The van der Waals surface area contributed by atoms with Crippen LogP contribution >= 0.6 is 0 Å². The van der Waals surface area contributed by atoms with Crippen LogP contribution in [0.2, 0.25) is 0 Å². The summed E-state index contributed by atoms with van der Waals surface area (Å²) in [6, 6.07) is 3.91. The quantitative estimate of drug-likeness (QED) is 0.731. The normalized spacial score (nSPS) is 12.5. The molecule has 0 aliphatic heterocycles. The van der Waals surface area contributed by atoms with Gasteiger partial charge in [-0.2, -0.15) is 0 Å². The van der Waals surface area contributed by atoms with E-state index in [4.69, 9.17) is 10.5 Å². The zero-order chi connectivity index (χ0) is 11.1. The fourth-order valence-corrected chi connectivity index (χ4v) is 1.24. The molecule has 0 saturated heterocycles. The van der Waals surface area contributed by atoms with Gasteiger partial charge in [0.25, 0.3) is 0 Å². The Morgan fingerprint density at radius 3 is 2.73 bits per heavy atom. The second-order valence-electron chi connectivity index (χ2n) is 3.64. The molecule has 0 bridgehead atoms. The van der Waals surface area contributed by atoms with Crippen molar-refractivity contribution in [2.45, 2.75) is 39.2 Å². The van der Waals surface area contributed by atoms with E-state index in [-0.39, 0.29) is 6.04 Å². The highest BCUT2D eigenvalue weighted by Crippen LogP contribution is 2.15. The molecular formula is C12H20N2O. The topological polar surface area (TPSA) is 48.1 Å². The van der Waals surface area contributed by atoms with Gasteiger partial charge in [-0.1, -0.05) is 20.3 Å². The van der Waals surface area contributed by atoms with Crippen LogP contribution in [-0.4, -0.2) is 11.6 Å². The average molecular weight is 208 g/mol. The van der Waals surface area contributed by atoms with Crippen LogP contribution < -0.4 is 10.5 Å². The summed E-state index contributed by atoms with van der Waals surface area (Å²) >= 11 is 0. The number of ether oxygens (including phenoxy) is 1. The highest BCUT2D eigenvalue weighted by Gasteiger charge is 2.04. The molecule has 3 nitrogen and oxygen atoms in total. The summed E-state index contributed by atoms with van der Waals surface area (Å²) in [5, 5.41) is 0. The van der Waals surface area contributed by atoms with E-state index in [2.05, 4.69) is 18.8 Å². The van der Waals surface area contributed by atoms with E-state index in [1.54, 1.807) is 6.20 Å². The number of aromatic nitrogens is 1. The molecule has 3 heteroatoms. The highest BCUT2D eigenvalue weighted by molar-refractivity contribution is 5.21. The Kier molecular flexibility index (Phi) is 5.12. The fourth-order valence-electron chi connectivity index (χ4n) is 1.24. The second-order valence-corrected chi connectivity index (χ2v) is 3.64.